The number of hydrogen-bond donors (Lipinski definition) is 1. The first-order chi connectivity index (χ1) is 15.1. The molecular weight excluding hydrogens is 492 g/mol. The Hall–Kier alpha value is -3.20. The van der Waals surface area contributed by atoms with E-state index in [1.807, 2.05) is 0 Å². The number of carbonyl (C=O) groups excluding carboxylic acids is 2. The summed E-state index contributed by atoms with van der Waals surface area (Å²) in [6.45, 7) is -0.399. The van der Waals surface area contributed by atoms with Crippen LogP contribution < -0.4 is 5.32 Å². The van der Waals surface area contributed by atoms with E-state index in [0.29, 0.717) is 21.3 Å². The molecule has 3 aromatic rings. The van der Waals surface area contributed by atoms with E-state index in [2.05, 4.69) is 21.2 Å². The van der Waals surface area contributed by atoms with Crippen molar-refractivity contribution in [2.45, 2.75) is 12.2 Å². The minimum absolute atomic E-state index is 0.210. The van der Waals surface area contributed by atoms with Crippen molar-refractivity contribution in [3.05, 3.63) is 99.3 Å². The first-order valence-electron chi connectivity index (χ1n) is 9.46. The van der Waals surface area contributed by atoms with Gasteiger partial charge in [-0.2, -0.15) is 13.2 Å². The Labute approximate surface area is 189 Å². The van der Waals surface area contributed by atoms with Gasteiger partial charge in [-0.3, -0.25) is 9.59 Å². The predicted octanol–water partition coefficient (Wildman–Crippen LogP) is 5.79. The van der Waals surface area contributed by atoms with Gasteiger partial charge in [0.2, 0.25) is 5.91 Å². The summed E-state index contributed by atoms with van der Waals surface area (Å²) in [5.41, 5.74) is 0.314. The van der Waals surface area contributed by atoms with Crippen molar-refractivity contribution in [3.63, 3.8) is 0 Å². The van der Waals surface area contributed by atoms with Crippen molar-refractivity contribution in [2.24, 2.45) is 0 Å². The van der Waals surface area contributed by atoms with E-state index in [9.17, 15) is 27.2 Å². The van der Waals surface area contributed by atoms with Crippen LogP contribution in [0.2, 0.25) is 0 Å². The molecule has 0 saturated carbocycles. The summed E-state index contributed by atoms with van der Waals surface area (Å²) in [6.07, 6.45) is -4.62. The quantitative estimate of drug-likeness (QED) is 0.447. The van der Waals surface area contributed by atoms with E-state index in [0.717, 1.165) is 18.2 Å². The lowest BCUT2D eigenvalue weighted by atomic mass is 9.95. The van der Waals surface area contributed by atoms with Crippen molar-refractivity contribution < 1.29 is 27.2 Å². The number of rotatable bonds is 2. The third kappa shape index (κ3) is 4.38. The highest BCUT2D eigenvalue weighted by Gasteiger charge is 2.36. The number of nitrogens with one attached hydrogen (secondary N) is 1. The lowest BCUT2D eigenvalue weighted by Crippen LogP contribution is -2.39. The summed E-state index contributed by atoms with van der Waals surface area (Å²) in [4.78, 5) is 27.2. The van der Waals surface area contributed by atoms with Crippen molar-refractivity contribution in [1.29, 1.82) is 0 Å². The maximum atomic E-state index is 13.6. The highest BCUT2D eigenvalue weighted by Crippen LogP contribution is 2.38. The van der Waals surface area contributed by atoms with Gasteiger partial charge in [0.1, 0.15) is 12.4 Å². The standard InChI is InChI=1S/C23H15BrF4N2O2/c24-16-6-9-19-18(11-16)21(13-4-7-17(25)8-5-13)30(12-20(31)29-19)22(32)14-2-1-3-15(10-14)23(26,27)28/h1-11,21H,12H2,(H,29,31). The summed E-state index contributed by atoms with van der Waals surface area (Å²) in [6, 6.07) is 13.7. The number of nitrogens with zero attached hydrogens (tertiary/aromatic N) is 1. The van der Waals surface area contributed by atoms with Gasteiger partial charge >= 0.3 is 6.18 Å². The molecule has 3 aromatic carbocycles. The number of halogens is 5. The lowest BCUT2D eigenvalue weighted by molar-refractivity contribution is -0.137. The molecule has 1 atom stereocenters. The molecule has 1 aliphatic rings. The normalized spacial score (nSPS) is 16.2. The SMILES string of the molecule is O=C1CN(C(=O)c2cccc(C(F)(F)F)c2)C(c2ccc(F)cc2)c2cc(Br)ccc2N1. The van der Waals surface area contributed by atoms with E-state index < -0.39 is 42.0 Å². The first kappa shape index (κ1) is 22.0. The van der Waals surface area contributed by atoms with Gasteiger partial charge in [0.25, 0.3) is 5.91 Å². The fraction of sp³-hybridized carbons (Fsp3) is 0.130. The summed E-state index contributed by atoms with van der Waals surface area (Å²) in [7, 11) is 0. The van der Waals surface area contributed by atoms with E-state index in [-0.39, 0.29) is 5.56 Å². The monoisotopic (exact) mass is 506 g/mol. The summed E-state index contributed by atoms with van der Waals surface area (Å²) in [5.74, 6) is -1.74. The zero-order chi connectivity index (χ0) is 23.0. The van der Waals surface area contributed by atoms with Gasteiger partial charge in [-0.25, -0.2) is 4.39 Å². The van der Waals surface area contributed by atoms with Gasteiger partial charge in [-0.1, -0.05) is 34.1 Å². The molecule has 1 heterocycles. The van der Waals surface area contributed by atoms with Gasteiger partial charge in [0.05, 0.1) is 11.6 Å². The maximum absolute atomic E-state index is 13.6. The van der Waals surface area contributed by atoms with E-state index in [4.69, 9.17) is 0 Å². The molecule has 0 fully saturated rings. The van der Waals surface area contributed by atoms with Crippen LogP contribution in [0.25, 0.3) is 0 Å². The third-order valence-electron chi connectivity index (χ3n) is 5.09. The predicted molar refractivity (Wildman–Crippen MR) is 113 cm³/mol. The molecule has 0 spiro atoms. The Kier molecular flexibility index (Phi) is 5.77. The van der Waals surface area contributed by atoms with Crippen molar-refractivity contribution in [1.82, 2.24) is 4.90 Å². The van der Waals surface area contributed by atoms with Crippen LogP contribution in [0.1, 0.15) is 33.1 Å². The zero-order valence-corrected chi connectivity index (χ0v) is 17.9. The number of anilines is 1. The number of carbonyl (C=O) groups is 2. The van der Waals surface area contributed by atoms with E-state index >= 15 is 0 Å². The number of hydrogen-bond acceptors (Lipinski definition) is 2. The second-order valence-corrected chi connectivity index (χ2v) is 8.16. The maximum Gasteiger partial charge on any atom is 0.416 e. The highest BCUT2D eigenvalue weighted by atomic mass is 79.9. The van der Waals surface area contributed by atoms with Crippen LogP contribution in [0.15, 0.2) is 71.2 Å². The molecule has 9 heteroatoms. The van der Waals surface area contributed by atoms with Gasteiger partial charge < -0.3 is 10.2 Å². The molecule has 0 saturated heterocycles. The van der Waals surface area contributed by atoms with Crippen LogP contribution in [0, 0.1) is 5.82 Å². The van der Waals surface area contributed by atoms with Crippen LogP contribution >= 0.6 is 15.9 Å². The Morgan fingerprint density at radius 3 is 2.44 bits per heavy atom. The highest BCUT2D eigenvalue weighted by molar-refractivity contribution is 9.10. The molecule has 1 unspecified atom stereocenters. The fourth-order valence-electron chi connectivity index (χ4n) is 3.67. The average molecular weight is 507 g/mol. The molecule has 4 nitrogen and oxygen atoms in total. The van der Waals surface area contributed by atoms with Gasteiger partial charge in [-0.05, 0) is 54.1 Å². The van der Waals surface area contributed by atoms with Crippen LogP contribution in [0.5, 0.6) is 0 Å². The first-order valence-corrected chi connectivity index (χ1v) is 10.3. The minimum Gasteiger partial charge on any atom is -0.324 e. The Balaban J connectivity index is 1.87. The molecular formula is C23H15BrF4N2O2. The number of amides is 2. The number of fused-ring (bicyclic) bond motifs is 1. The van der Waals surface area contributed by atoms with E-state index in [1.165, 1.54) is 35.2 Å². The summed E-state index contributed by atoms with van der Waals surface area (Å²) in [5, 5.41) is 2.72. The topological polar surface area (TPSA) is 49.4 Å². The Morgan fingerprint density at radius 1 is 1.03 bits per heavy atom. The molecule has 164 valence electrons. The molecule has 2 amide bonds. The molecule has 0 aliphatic carbocycles. The van der Waals surface area contributed by atoms with Crippen LogP contribution in [0.4, 0.5) is 23.2 Å². The minimum atomic E-state index is -4.62. The van der Waals surface area contributed by atoms with Crippen molar-refractivity contribution >= 4 is 33.4 Å². The zero-order valence-electron chi connectivity index (χ0n) is 16.3. The lowest BCUT2D eigenvalue weighted by Gasteiger charge is -2.31. The molecule has 32 heavy (non-hydrogen) atoms. The van der Waals surface area contributed by atoms with Gasteiger partial charge in [0.15, 0.2) is 0 Å². The van der Waals surface area contributed by atoms with Crippen LogP contribution in [0.3, 0.4) is 0 Å². The molecule has 0 radical (unpaired) electrons. The average Bonchev–Trinajstić information content (AvgIpc) is 2.89. The summed E-state index contributed by atoms with van der Waals surface area (Å²) < 4.78 is 53.8. The van der Waals surface area contributed by atoms with Gasteiger partial charge in [0, 0.05) is 21.3 Å². The van der Waals surface area contributed by atoms with Gasteiger partial charge in [-0.15, -0.1) is 0 Å². The second-order valence-electron chi connectivity index (χ2n) is 7.25. The third-order valence-corrected chi connectivity index (χ3v) is 5.58. The Morgan fingerprint density at radius 2 is 1.75 bits per heavy atom. The van der Waals surface area contributed by atoms with Crippen LogP contribution in [-0.4, -0.2) is 23.3 Å². The number of benzene rings is 3. The van der Waals surface area contributed by atoms with Crippen LogP contribution in [-0.2, 0) is 11.0 Å². The molecule has 0 bridgehead atoms. The summed E-state index contributed by atoms with van der Waals surface area (Å²) >= 11 is 3.37. The molecule has 0 aromatic heterocycles. The Bertz CT molecular complexity index is 1200. The second kappa shape index (κ2) is 8.38. The number of alkyl halides is 3. The smallest absolute Gasteiger partial charge is 0.324 e. The molecule has 1 aliphatic heterocycles. The fourth-order valence-corrected chi connectivity index (χ4v) is 4.04. The largest absolute Gasteiger partial charge is 0.416 e. The van der Waals surface area contributed by atoms with Crippen molar-refractivity contribution in [2.75, 3.05) is 11.9 Å². The molecule has 1 N–H and O–H groups in total. The van der Waals surface area contributed by atoms with E-state index in [1.54, 1.807) is 18.2 Å². The molecule has 4 rings (SSSR count). The van der Waals surface area contributed by atoms with Crippen molar-refractivity contribution in [3.8, 4) is 0 Å².